The molecule has 0 N–H and O–H groups in total. The van der Waals surface area contributed by atoms with Crippen LogP contribution in [0.15, 0.2) is 218 Å². The molecule has 0 atom stereocenters. The van der Waals surface area contributed by atoms with Crippen molar-refractivity contribution in [1.82, 2.24) is 18.3 Å². The Morgan fingerprint density at radius 3 is 1.11 bits per heavy atom. The molecule has 70 heavy (non-hydrogen) atoms. The summed E-state index contributed by atoms with van der Waals surface area (Å²) < 4.78 is 54.5. The summed E-state index contributed by atoms with van der Waals surface area (Å²) in [5, 5.41) is 8.29. The largest absolute Gasteiger partial charge is 0.417 e. The van der Waals surface area contributed by atoms with E-state index in [1.165, 1.54) is 12.1 Å². The fourth-order valence-corrected chi connectivity index (χ4v) is 11.4. The van der Waals surface area contributed by atoms with Crippen molar-refractivity contribution in [3.8, 4) is 33.9 Å². The van der Waals surface area contributed by atoms with Crippen molar-refractivity contribution < 1.29 is 13.2 Å². The zero-order valence-corrected chi connectivity index (χ0v) is 37.2. The lowest BCUT2D eigenvalue weighted by molar-refractivity contribution is -0.137. The summed E-state index contributed by atoms with van der Waals surface area (Å²) in [6.07, 6.45) is -4.68. The highest BCUT2D eigenvalue weighted by atomic mass is 19.4. The first kappa shape index (κ1) is 39.8. The Hall–Kier alpha value is -9.32. The highest BCUT2D eigenvalue weighted by Gasteiger charge is 2.35. The van der Waals surface area contributed by atoms with Gasteiger partial charge >= 0.3 is 6.18 Å². The van der Waals surface area contributed by atoms with E-state index >= 15 is 13.2 Å². The van der Waals surface area contributed by atoms with E-state index in [1.807, 2.05) is 77.4 Å². The number of hydrogen-bond donors (Lipinski definition) is 0. The van der Waals surface area contributed by atoms with E-state index in [0.717, 1.165) is 105 Å². The second-order valence-corrected chi connectivity index (χ2v) is 17.8. The number of alkyl halides is 3. The van der Waals surface area contributed by atoms with Gasteiger partial charge in [0, 0.05) is 54.5 Å². The molecule has 0 bridgehead atoms. The lowest BCUT2D eigenvalue weighted by Crippen LogP contribution is -2.09. The molecule has 14 rings (SSSR count). The van der Waals surface area contributed by atoms with Crippen LogP contribution in [0.3, 0.4) is 0 Å². The lowest BCUT2D eigenvalue weighted by Gasteiger charge is -2.22. The highest BCUT2D eigenvalue weighted by Crippen LogP contribution is 2.49. The van der Waals surface area contributed by atoms with E-state index in [4.69, 9.17) is 0 Å². The maximum atomic E-state index is 15.3. The summed E-state index contributed by atoms with van der Waals surface area (Å²) in [6, 6.07) is 71.6. The fourth-order valence-electron chi connectivity index (χ4n) is 11.4. The Labute approximate surface area is 398 Å². The van der Waals surface area contributed by atoms with Crippen LogP contribution >= 0.6 is 0 Å². The summed E-state index contributed by atoms with van der Waals surface area (Å²) in [5.74, 6) is 0. The number of nitrogens with zero attached hydrogens (tertiary/aromatic N) is 5. The van der Waals surface area contributed by atoms with Crippen LogP contribution in [0.4, 0.5) is 18.9 Å². The Morgan fingerprint density at radius 1 is 0.329 bits per heavy atom. The molecular weight excluding hydrogens is 872 g/mol. The van der Waals surface area contributed by atoms with Crippen LogP contribution in [0.2, 0.25) is 0 Å². The van der Waals surface area contributed by atoms with Gasteiger partial charge in [0.05, 0.1) is 67.6 Å². The van der Waals surface area contributed by atoms with Gasteiger partial charge < -0.3 is 18.3 Å². The third kappa shape index (κ3) is 5.60. The molecule has 0 amide bonds. The van der Waals surface area contributed by atoms with E-state index in [-0.39, 0.29) is 11.3 Å². The van der Waals surface area contributed by atoms with Crippen LogP contribution in [-0.2, 0) is 6.18 Å². The summed E-state index contributed by atoms with van der Waals surface area (Å²) in [5.41, 5.74) is 9.87. The molecule has 0 aliphatic rings. The Morgan fingerprint density at radius 2 is 0.686 bits per heavy atom. The molecule has 0 radical (unpaired) electrons. The molecule has 10 aromatic carbocycles. The monoisotopic (exact) mass is 907 g/mol. The number of benzene rings is 10. The van der Waals surface area contributed by atoms with Crippen LogP contribution in [-0.4, -0.2) is 18.3 Å². The predicted octanol–water partition coefficient (Wildman–Crippen LogP) is 17.3. The lowest BCUT2D eigenvalue weighted by atomic mass is 9.96. The minimum Gasteiger partial charge on any atom is -0.319 e. The molecule has 4 aromatic heterocycles. The van der Waals surface area contributed by atoms with E-state index in [0.29, 0.717) is 16.9 Å². The number of hydrogen-bond acceptors (Lipinski definition) is 0. The number of rotatable bonds is 5. The van der Waals surface area contributed by atoms with Crippen molar-refractivity contribution in [2.24, 2.45) is 0 Å². The van der Waals surface area contributed by atoms with Crippen molar-refractivity contribution >= 4 is 92.9 Å². The van der Waals surface area contributed by atoms with E-state index < -0.39 is 11.7 Å². The third-order valence-corrected chi connectivity index (χ3v) is 14.2. The predicted molar refractivity (Wildman–Crippen MR) is 280 cm³/mol. The summed E-state index contributed by atoms with van der Waals surface area (Å²) >= 11 is 0. The maximum absolute atomic E-state index is 15.3. The van der Waals surface area contributed by atoms with E-state index in [2.05, 4.69) is 134 Å². The summed E-state index contributed by atoms with van der Waals surface area (Å²) in [6.45, 7) is 9.24. The fraction of sp³-hybridized carbons (Fsp3) is 0.0161. The molecule has 8 heteroatoms. The quantitative estimate of drug-likeness (QED) is 0.154. The molecule has 0 saturated heterocycles. The summed E-state index contributed by atoms with van der Waals surface area (Å²) in [4.78, 5) is 4.41. The van der Waals surface area contributed by atoms with E-state index in [1.54, 1.807) is 12.1 Å². The Kier molecular flexibility index (Phi) is 8.44. The smallest absolute Gasteiger partial charge is 0.319 e. The van der Waals surface area contributed by atoms with Crippen LogP contribution < -0.4 is 0 Å². The van der Waals surface area contributed by atoms with Gasteiger partial charge in [0.1, 0.15) is 0 Å². The van der Waals surface area contributed by atoms with Crippen LogP contribution in [0.25, 0.3) is 126 Å². The molecule has 330 valence electrons. The minimum absolute atomic E-state index is 0.0122. The van der Waals surface area contributed by atoms with Gasteiger partial charge in [-0.15, -0.1) is 0 Å². The van der Waals surface area contributed by atoms with Gasteiger partial charge in [-0.1, -0.05) is 146 Å². The molecule has 0 aliphatic heterocycles. The Balaban J connectivity index is 1.11. The first-order chi connectivity index (χ1) is 34.4. The van der Waals surface area contributed by atoms with Gasteiger partial charge in [0.15, 0.2) is 0 Å². The number of aromatic nitrogens is 4. The highest BCUT2D eigenvalue weighted by molar-refractivity contribution is 6.15. The average Bonchev–Trinajstić information content (AvgIpc) is 4.12. The zero-order valence-electron chi connectivity index (χ0n) is 37.2. The molecule has 14 aromatic rings. The number of halogens is 3. The second kappa shape index (κ2) is 14.8. The SMILES string of the molecule is [C-]#[N+]c1c(-n2c3ccccc3c3ccc(-n4c5ccccc5c5ccccc54)cc32)ccc(-c2ccccc2C(F)(F)F)c1-n1c2ccccc2c2ccc(-n3c4ccccc4c4ccccc43)cc21. The average molecular weight is 908 g/mol. The second-order valence-electron chi connectivity index (χ2n) is 17.8. The zero-order chi connectivity index (χ0) is 46.8. The van der Waals surface area contributed by atoms with E-state index in [9.17, 15) is 6.57 Å². The van der Waals surface area contributed by atoms with Gasteiger partial charge in [-0.25, -0.2) is 4.85 Å². The third-order valence-electron chi connectivity index (χ3n) is 14.2. The minimum atomic E-state index is -4.68. The van der Waals surface area contributed by atoms with Gasteiger partial charge in [0.2, 0.25) is 5.69 Å². The van der Waals surface area contributed by atoms with Crippen molar-refractivity contribution in [3.05, 3.63) is 235 Å². The Bertz CT molecular complexity index is 4450. The van der Waals surface area contributed by atoms with Crippen LogP contribution in [0, 0.1) is 6.57 Å². The molecule has 0 fully saturated rings. The van der Waals surface area contributed by atoms with Crippen molar-refractivity contribution in [3.63, 3.8) is 0 Å². The number of fused-ring (bicyclic) bond motifs is 12. The first-order valence-electron chi connectivity index (χ1n) is 23.1. The first-order valence-corrected chi connectivity index (χ1v) is 23.1. The molecule has 0 spiro atoms. The standard InChI is InChI=1S/C62H36F3N5/c1-66-60-57(69-55-28-14-7-21-45(55)47-32-30-38(36-58(47)69)67-51-24-10-3-17-41(51)42-18-4-11-25-52(42)67)35-34-49(40-16-2-9-23-50(40)62(63,64)65)61(60)70-56-29-15-8-22-46(56)48-33-31-39(37-59(48)70)68-53-26-12-5-19-43(53)44-20-6-13-27-54(44)68/h2-37H. The molecule has 0 saturated carbocycles. The van der Waals surface area contributed by atoms with Crippen LogP contribution in [0.1, 0.15) is 5.56 Å². The van der Waals surface area contributed by atoms with Crippen molar-refractivity contribution in [2.75, 3.05) is 0 Å². The molecule has 0 unspecified atom stereocenters. The molecule has 4 heterocycles. The molecular formula is C62H36F3N5. The summed E-state index contributed by atoms with van der Waals surface area (Å²) in [7, 11) is 0. The maximum Gasteiger partial charge on any atom is 0.417 e. The van der Waals surface area contributed by atoms with Gasteiger partial charge in [-0.3, -0.25) is 0 Å². The van der Waals surface area contributed by atoms with Crippen molar-refractivity contribution in [2.45, 2.75) is 6.18 Å². The van der Waals surface area contributed by atoms with Gasteiger partial charge in [-0.2, -0.15) is 13.2 Å². The molecule has 0 aliphatic carbocycles. The normalized spacial score (nSPS) is 12.2. The van der Waals surface area contributed by atoms with Gasteiger partial charge in [0.25, 0.3) is 0 Å². The number of para-hydroxylation sites is 6. The van der Waals surface area contributed by atoms with Crippen LogP contribution in [0.5, 0.6) is 0 Å². The van der Waals surface area contributed by atoms with Crippen molar-refractivity contribution in [1.29, 1.82) is 0 Å². The van der Waals surface area contributed by atoms with Gasteiger partial charge in [-0.05, 0) is 83.9 Å². The molecule has 5 nitrogen and oxygen atoms in total. The topological polar surface area (TPSA) is 24.1 Å².